The summed E-state index contributed by atoms with van der Waals surface area (Å²) in [5, 5.41) is 0. The van der Waals surface area contributed by atoms with Gasteiger partial charge in [-0.25, -0.2) is 4.79 Å². The molecule has 0 atom stereocenters. The maximum atomic E-state index is 11.4. The zero-order valence-corrected chi connectivity index (χ0v) is 11.5. The number of nitrogens with zero attached hydrogens (tertiary/aromatic N) is 1. The number of hydrogen-bond donors (Lipinski definition) is 1. The lowest BCUT2D eigenvalue weighted by atomic mass is 10.1. The molecule has 0 saturated heterocycles. The predicted molar refractivity (Wildman–Crippen MR) is 74.7 cm³/mol. The molecule has 0 aliphatic carbocycles. The van der Waals surface area contributed by atoms with Crippen molar-refractivity contribution in [1.82, 2.24) is 9.97 Å². The van der Waals surface area contributed by atoms with E-state index in [0.717, 1.165) is 24.1 Å². The lowest BCUT2D eigenvalue weighted by Crippen LogP contribution is -2.12. The van der Waals surface area contributed by atoms with Crippen molar-refractivity contribution in [2.45, 2.75) is 26.2 Å². The van der Waals surface area contributed by atoms with Gasteiger partial charge in [-0.1, -0.05) is 43.7 Å². The minimum atomic E-state index is -0.723. The number of hydrogen-bond acceptors (Lipinski definition) is 4. The summed E-state index contributed by atoms with van der Waals surface area (Å²) in [6.45, 7) is 2.39. The van der Waals surface area contributed by atoms with Crippen molar-refractivity contribution >= 4 is 6.16 Å². The van der Waals surface area contributed by atoms with Gasteiger partial charge in [-0.15, -0.1) is 0 Å². The Bertz CT molecular complexity index is 537. The molecule has 2 aromatic rings. The fourth-order valence-electron chi connectivity index (χ4n) is 1.70. The summed E-state index contributed by atoms with van der Waals surface area (Å²) in [5.41, 5.74) is 1.96. The Morgan fingerprint density at radius 3 is 2.85 bits per heavy atom. The van der Waals surface area contributed by atoms with E-state index in [1.165, 1.54) is 0 Å². The van der Waals surface area contributed by atoms with Crippen molar-refractivity contribution in [1.29, 1.82) is 0 Å². The molecule has 0 fully saturated rings. The summed E-state index contributed by atoms with van der Waals surface area (Å²) in [6.07, 6.45) is 3.48. The molecular weight excluding hydrogens is 256 g/mol. The van der Waals surface area contributed by atoms with Crippen LogP contribution < -0.4 is 4.74 Å². The smallest absolute Gasteiger partial charge is 0.434 e. The average Bonchev–Trinajstić information content (AvgIpc) is 2.87. The van der Waals surface area contributed by atoms with Crippen LogP contribution in [0.4, 0.5) is 4.79 Å². The summed E-state index contributed by atoms with van der Waals surface area (Å²) in [7, 11) is 0. The molecular formula is C15H18N2O3. The fraction of sp³-hybridized carbons (Fsp3) is 0.333. The van der Waals surface area contributed by atoms with E-state index in [1.807, 2.05) is 37.3 Å². The second kappa shape index (κ2) is 7.33. The van der Waals surface area contributed by atoms with Gasteiger partial charge in [-0.2, -0.15) is 4.98 Å². The third-order valence-electron chi connectivity index (χ3n) is 2.73. The molecule has 20 heavy (non-hydrogen) atoms. The maximum Gasteiger partial charge on any atom is 0.516 e. The first-order valence-corrected chi connectivity index (χ1v) is 6.70. The van der Waals surface area contributed by atoms with Crippen LogP contribution in [-0.2, 0) is 11.2 Å². The minimum Gasteiger partial charge on any atom is -0.434 e. The number of ether oxygens (including phenoxy) is 2. The van der Waals surface area contributed by atoms with Crippen LogP contribution in [0.2, 0.25) is 0 Å². The molecule has 0 spiro atoms. The number of carbonyl (C=O) groups excluding carboxylic acids is 1. The SMILES string of the molecule is CCCCOC(=O)Oc1nc(Cc2ccccc2)c[nH]1. The van der Waals surface area contributed by atoms with Crippen molar-refractivity contribution in [3.8, 4) is 6.01 Å². The van der Waals surface area contributed by atoms with Crippen LogP contribution in [0.25, 0.3) is 0 Å². The monoisotopic (exact) mass is 274 g/mol. The second-order valence-corrected chi connectivity index (χ2v) is 4.41. The Morgan fingerprint density at radius 1 is 1.30 bits per heavy atom. The van der Waals surface area contributed by atoms with Crippen molar-refractivity contribution in [2.75, 3.05) is 6.61 Å². The average molecular weight is 274 g/mol. The standard InChI is InChI=1S/C15H18N2O3/c1-2-3-9-19-15(18)20-14-16-11-13(17-14)10-12-7-5-4-6-8-12/h4-8,11H,2-3,9-10H2,1H3,(H,16,17). The third-order valence-corrected chi connectivity index (χ3v) is 2.73. The molecule has 0 bridgehead atoms. The van der Waals surface area contributed by atoms with E-state index in [4.69, 9.17) is 9.47 Å². The Balaban J connectivity index is 1.84. The van der Waals surface area contributed by atoms with Gasteiger partial charge in [0, 0.05) is 12.6 Å². The number of nitrogens with one attached hydrogen (secondary N) is 1. The molecule has 0 radical (unpaired) electrons. The number of aromatic nitrogens is 2. The molecule has 106 valence electrons. The van der Waals surface area contributed by atoms with Crippen molar-refractivity contribution < 1.29 is 14.3 Å². The lowest BCUT2D eigenvalue weighted by molar-refractivity contribution is 0.0949. The van der Waals surface area contributed by atoms with Gasteiger partial charge in [-0.05, 0) is 12.0 Å². The Hall–Kier alpha value is -2.30. The predicted octanol–water partition coefficient (Wildman–Crippen LogP) is 3.32. The van der Waals surface area contributed by atoms with Gasteiger partial charge >= 0.3 is 12.2 Å². The van der Waals surface area contributed by atoms with Crippen molar-refractivity contribution in [2.24, 2.45) is 0 Å². The first-order valence-electron chi connectivity index (χ1n) is 6.70. The Kier molecular flexibility index (Phi) is 5.17. The lowest BCUT2D eigenvalue weighted by Gasteiger charge is -2.02. The molecule has 1 N–H and O–H groups in total. The molecule has 1 heterocycles. The highest BCUT2D eigenvalue weighted by Gasteiger charge is 2.09. The number of imidazole rings is 1. The maximum absolute atomic E-state index is 11.4. The summed E-state index contributed by atoms with van der Waals surface area (Å²) in [6, 6.07) is 10.1. The largest absolute Gasteiger partial charge is 0.516 e. The number of aromatic amines is 1. The van der Waals surface area contributed by atoms with E-state index in [-0.39, 0.29) is 6.01 Å². The first-order chi connectivity index (χ1) is 9.78. The van der Waals surface area contributed by atoms with Gasteiger partial charge in [-0.3, -0.25) is 0 Å². The van der Waals surface area contributed by atoms with Crippen LogP contribution >= 0.6 is 0 Å². The zero-order valence-electron chi connectivity index (χ0n) is 11.5. The zero-order chi connectivity index (χ0) is 14.2. The first kappa shape index (κ1) is 14.1. The second-order valence-electron chi connectivity index (χ2n) is 4.41. The number of benzene rings is 1. The summed E-state index contributed by atoms with van der Waals surface area (Å²) < 4.78 is 9.84. The van der Waals surface area contributed by atoms with Crippen molar-refractivity contribution in [3.05, 3.63) is 47.8 Å². The van der Waals surface area contributed by atoms with E-state index in [2.05, 4.69) is 9.97 Å². The number of unbranched alkanes of at least 4 members (excludes halogenated alkanes) is 1. The van der Waals surface area contributed by atoms with Gasteiger partial charge in [0.1, 0.15) is 0 Å². The highest BCUT2D eigenvalue weighted by molar-refractivity contribution is 5.62. The number of H-pyrrole nitrogens is 1. The molecule has 0 unspecified atom stereocenters. The van der Waals surface area contributed by atoms with Gasteiger partial charge in [0.05, 0.1) is 12.3 Å². The summed E-state index contributed by atoms with van der Waals surface area (Å²) in [4.78, 5) is 18.4. The van der Waals surface area contributed by atoms with E-state index < -0.39 is 6.16 Å². The third kappa shape index (κ3) is 4.42. The quantitative estimate of drug-likeness (QED) is 0.648. The van der Waals surface area contributed by atoms with Crippen molar-refractivity contribution in [3.63, 3.8) is 0 Å². The van der Waals surface area contributed by atoms with Crippen LogP contribution in [-0.4, -0.2) is 22.7 Å². The molecule has 5 nitrogen and oxygen atoms in total. The molecule has 0 amide bonds. The van der Waals surface area contributed by atoms with E-state index in [1.54, 1.807) is 6.20 Å². The molecule has 0 aliphatic heterocycles. The molecule has 0 saturated carbocycles. The minimum absolute atomic E-state index is 0.164. The molecule has 1 aromatic carbocycles. The number of rotatable bonds is 6. The highest BCUT2D eigenvalue weighted by atomic mass is 16.7. The van der Waals surface area contributed by atoms with E-state index >= 15 is 0 Å². The normalized spacial score (nSPS) is 10.2. The molecule has 5 heteroatoms. The van der Waals surface area contributed by atoms with E-state index in [9.17, 15) is 4.79 Å². The van der Waals surface area contributed by atoms with Gasteiger partial charge < -0.3 is 14.5 Å². The van der Waals surface area contributed by atoms with Crippen LogP contribution in [0.15, 0.2) is 36.5 Å². The fourth-order valence-corrected chi connectivity index (χ4v) is 1.70. The summed E-state index contributed by atoms with van der Waals surface area (Å²) >= 11 is 0. The van der Waals surface area contributed by atoms with Crippen LogP contribution in [0.5, 0.6) is 6.01 Å². The molecule has 1 aromatic heterocycles. The van der Waals surface area contributed by atoms with Crippen LogP contribution in [0.1, 0.15) is 31.0 Å². The molecule has 2 rings (SSSR count). The van der Waals surface area contributed by atoms with E-state index in [0.29, 0.717) is 13.0 Å². The Morgan fingerprint density at radius 2 is 2.10 bits per heavy atom. The van der Waals surface area contributed by atoms with Crippen LogP contribution in [0.3, 0.4) is 0 Å². The highest BCUT2D eigenvalue weighted by Crippen LogP contribution is 2.11. The molecule has 0 aliphatic rings. The van der Waals surface area contributed by atoms with Gasteiger partial charge in [0.2, 0.25) is 0 Å². The van der Waals surface area contributed by atoms with Gasteiger partial charge in [0.15, 0.2) is 0 Å². The number of carbonyl (C=O) groups is 1. The van der Waals surface area contributed by atoms with Crippen LogP contribution in [0, 0.1) is 0 Å². The Labute approximate surface area is 117 Å². The van der Waals surface area contributed by atoms with Gasteiger partial charge in [0.25, 0.3) is 0 Å². The topological polar surface area (TPSA) is 64.2 Å². The summed E-state index contributed by atoms with van der Waals surface area (Å²) in [5.74, 6) is 0.